The highest BCUT2D eigenvalue weighted by Gasteiger charge is 2.33. The zero-order chi connectivity index (χ0) is 19.4. The molecule has 2 aromatic carbocycles. The lowest BCUT2D eigenvalue weighted by Crippen LogP contribution is -2.45. The third kappa shape index (κ3) is 5.23. The van der Waals surface area contributed by atoms with Crippen molar-refractivity contribution in [3.63, 3.8) is 0 Å². The molecule has 0 N–H and O–H groups in total. The first-order chi connectivity index (χ1) is 13.0. The monoisotopic (exact) mass is 388 g/mol. The maximum Gasteiger partial charge on any atom is 0.209 e. The fourth-order valence-corrected chi connectivity index (χ4v) is 3.65. The SMILES string of the molecule is CC1CC1c1ccc(F)cc1.Cc1ccc(Cl)cc1N1CCN(C=O)CC1. The molecular weight excluding hydrogens is 363 g/mol. The fraction of sp³-hybridized carbons (Fsp3) is 0.409. The molecule has 0 radical (unpaired) electrons. The maximum atomic E-state index is 12.5. The highest BCUT2D eigenvalue weighted by Crippen LogP contribution is 2.46. The molecule has 1 aliphatic heterocycles. The fourth-order valence-electron chi connectivity index (χ4n) is 3.49. The van der Waals surface area contributed by atoms with Gasteiger partial charge < -0.3 is 9.80 Å². The summed E-state index contributed by atoms with van der Waals surface area (Å²) in [6.45, 7) is 7.64. The summed E-state index contributed by atoms with van der Waals surface area (Å²) in [5.74, 6) is 1.37. The summed E-state index contributed by atoms with van der Waals surface area (Å²) >= 11 is 6.00. The van der Waals surface area contributed by atoms with E-state index in [4.69, 9.17) is 11.6 Å². The van der Waals surface area contributed by atoms with Crippen LogP contribution in [0.25, 0.3) is 0 Å². The zero-order valence-corrected chi connectivity index (χ0v) is 16.6. The minimum atomic E-state index is -0.137. The Morgan fingerprint density at radius 3 is 2.26 bits per heavy atom. The lowest BCUT2D eigenvalue weighted by atomic mass is 10.1. The smallest absolute Gasteiger partial charge is 0.209 e. The van der Waals surface area contributed by atoms with Gasteiger partial charge in [0.05, 0.1) is 0 Å². The molecule has 2 unspecified atom stereocenters. The number of rotatable bonds is 3. The number of nitrogens with zero attached hydrogens (tertiary/aromatic N) is 2. The summed E-state index contributed by atoms with van der Waals surface area (Å²) in [6, 6.07) is 12.8. The largest absolute Gasteiger partial charge is 0.368 e. The number of hydrogen-bond acceptors (Lipinski definition) is 2. The molecule has 3 nitrogen and oxygen atoms in total. The van der Waals surface area contributed by atoms with E-state index >= 15 is 0 Å². The van der Waals surface area contributed by atoms with Gasteiger partial charge in [-0.05, 0) is 60.6 Å². The first-order valence-corrected chi connectivity index (χ1v) is 9.81. The molecule has 2 aliphatic rings. The van der Waals surface area contributed by atoms with Crippen molar-refractivity contribution < 1.29 is 9.18 Å². The van der Waals surface area contributed by atoms with E-state index in [1.54, 1.807) is 17.0 Å². The van der Waals surface area contributed by atoms with E-state index in [1.165, 1.54) is 23.2 Å². The Balaban J connectivity index is 0.000000166. The first kappa shape index (κ1) is 19.7. The second-order valence-electron chi connectivity index (χ2n) is 7.43. The number of benzene rings is 2. The number of halogens is 2. The molecule has 2 fully saturated rings. The van der Waals surface area contributed by atoms with Crippen LogP contribution in [0.4, 0.5) is 10.1 Å². The minimum absolute atomic E-state index is 0.137. The highest BCUT2D eigenvalue weighted by molar-refractivity contribution is 6.30. The highest BCUT2D eigenvalue weighted by atomic mass is 35.5. The third-order valence-corrected chi connectivity index (χ3v) is 5.62. The molecule has 0 spiro atoms. The van der Waals surface area contributed by atoms with Crippen LogP contribution in [-0.4, -0.2) is 37.5 Å². The Labute approximate surface area is 165 Å². The van der Waals surface area contributed by atoms with Gasteiger partial charge in [0.2, 0.25) is 6.41 Å². The van der Waals surface area contributed by atoms with Crippen LogP contribution in [0.3, 0.4) is 0 Å². The Hall–Kier alpha value is -2.07. The Kier molecular flexibility index (Phi) is 6.38. The van der Waals surface area contributed by atoms with Crippen LogP contribution in [0.1, 0.15) is 30.4 Å². The van der Waals surface area contributed by atoms with Gasteiger partial charge in [-0.25, -0.2) is 4.39 Å². The van der Waals surface area contributed by atoms with Gasteiger partial charge in [-0.15, -0.1) is 0 Å². The van der Waals surface area contributed by atoms with Gasteiger partial charge in [0, 0.05) is 36.9 Å². The molecule has 144 valence electrons. The van der Waals surface area contributed by atoms with Crippen LogP contribution in [0.2, 0.25) is 5.02 Å². The normalized spacial score (nSPS) is 21.3. The second-order valence-corrected chi connectivity index (χ2v) is 7.87. The number of amides is 1. The van der Waals surface area contributed by atoms with E-state index in [2.05, 4.69) is 18.7 Å². The molecule has 0 bridgehead atoms. The van der Waals surface area contributed by atoms with Crippen LogP contribution >= 0.6 is 11.6 Å². The predicted molar refractivity (Wildman–Crippen MR) is 109 cm³/mol. The molecular formula is C22H26ClFN2O. The van der Waals surface area contributed by atoms with Gasteiger partial charge in [0.15, 0.2) is 0 Å². The molecule has 0 aromatic heterocycles. The Morgan fingerprint density at radius 2 is 1.70 bits per heavy atom. The van der Waals surface area contributed by atoms with Gasteiger partial charge in [0.1, 0.15) is 5.82 Å². The van der Waals surface area contributed by atoms with Crippen molar-refractivity contribution in [3.05, 3.63) is 64.4 Å². The van der Waals surface area contributed by atoms with E-state index in [-0.39, 0.29) is 5.82 Å². The summed E-state index contributed by atoms with van der Waals surface area (Å²) in [4.78, 5) is 14.7. The number of hydrogen-bond donors (Lipinski definition) is 0. The van der Waals surface area contributed by atoms with Gasteiger partial charge in [-0.3, -0.25) is 4.79 Å². The number of piperazine rings is 1. The second kappa shape index (κ2) is 8.75. The minimum Gasteiger partial charge on any atom is -0.368 e. The average Bonchev–Trinajstić information content (AvgIpc) is 3.41. The Morgan fingerprint density at radius 1 is 1.07 bits per heavy atom. The topological polar surface area (TPSA) is 23.6 Å². The first-order valence-electron chi connectivity index (χ1n) is 9.44. The van der Waals surface area contributed by atoms with Crippen molar-refractivity contribution in [2.45, 2.75) is 26.2 Å². The van der Waals surface area contributed by atoms with Crippen LogP contribution in [0.5, 0.6) is 0 Å². The van der Waals surface area contributed by atoms with Crippen molar-refractivity contribution in [3.8, 4) is 0 Å². The zero-order valence-electron chi connectivity index (χ0n) is 15.9. The lowest BCUT2D eigenvalue weighted by molar-refractivity contribution is -0.118. The van der Waals surface area contributed by atoms with Crippen molar-refractivity contribution in [1.29, 1.82) is 0 Å². The summed E-state index contributed by atoms with van der Waals surface area (Å²) in [5.41, 5.74) is 3.70. The van der Waals surface area contributed by atoms with Crippen LogP contribution in [-0.2, 0) is 4.79 Å². The van der Waals surface area contributed by atoms with Gasteiger partial charge in [-0.1, -0.05) is 36.7 Å². The average molecular weight is 389 g/mol. The van der Waals surface area contributed by atoms with E-state index in [0.717, 1.165) is 43.5 Å². The van der Waals surface area contributed by atoms with Crippen LogP contribution < -0.4 is 4.90 Å². The van der Waals surface area contributed by atoms with E-state index in [9.17, 15) is 9.18 Å². The number of anilines is 1. The third-order valence-electron chi connectivity index (χ3n) is 5.38. The number of carbonyl (C=O) groups is 1. The summed E-state index contributed by atoms with van der Waals surface area (Å²) < 4.78 is 12.5. The molecule has 5 heteroatoms. The summed E-state index contributed by atoms with van der Waals surface area (Å²) in [6.07, 6.45) is 2.19. The van der Waals surface area contributed by atoms with Crippen molar-refractivity contribution in [1.82, 2.24) is 4.90 Å². The molecule has 27 heavy (non-hydrogen) atoms. The molecule has 1 aliphatic carbocycles. The van der Waals surface area contributed by atoms with Crippen molar-refractivity contribution in [2.75, 3.05) is 31.1 Å². The Bertz CT molecular complexity index is 772. The van der Waals surface area contributed by atoms with Gasteiger partial charge in [0.25, 0.3) is 0 Å². The number of carbonyl (C=O) groups excluding carboxylic acids is 1. The summed E-state index contributed by atoms with van der Waals surface area (Å²) in [7, 11) is 0. The molecule has 1 saturated carbocycles. The van der Waals surface area contributed by atoms with Crippen molar-refractivity contribution >= 4 is 23.7 Å². The molecule has 4 rings (SSSR count). The van der Waals surface area contributed by atoms with E-state index in [1.807, 2.05) is 30.3 Å². The molecule has 2 aromatic rings. The quantitative estimate of drug-likeness (QED) is 0.700. The molecule has 1 amide bonds. The van der Waals surface area contributed by atoms with Crippen molar-refractivity contribution in [2.24, 2.45) is 5.92 Å². The maximum absolute atomic E-state index is 12.5. The lowest BCUT2D eigenvalue weighted by Gasteiger charge is -2.35. The van der Waals surface area contributed by atoms with Crippen LogP contribution in [0.15, 0.2) is 42.5 Å². The standard InChI is InChI=1S/C12H15ClN2O.C10H11F/c1-10-2-3-11(13)8-12(10)15-6-4-14(9-16)5-7-15;1-7-6-10(7)8-2-4-9(11)5-3-8/h2-3,8-9H,4-7H2,1H3;2-5,7,10H,6H2,1H3. The molecule has 2 atom stereocenters. The van der Waals surface area contributed by atoms with E-state index < -0.39 is 0 Å². The predicted octanol–water partition coefficient (Wildman–Crippen LogP) is 4.88. The van der Waals surface area contributed by atoms with Crippen LogP contribution in [0, 0.1) is 18.7 Å². The molecule has 1 saturated heterocycles. The molecule has 1 heterocycles. The van der Waals surface area contributed by atoms with Gasteiger partial charge >= 0.3 is 0 Å². The number of aryl methyl sites for hydroxylation is 1. The van der Waals surface area contributed by atoms with E-state index in [0.29, 0.717) is 5.92 Å². The summed E-state index contributed by atoms with van der Waals surface area (Å²) in [5, 5.41) is 0.762. The van der Waals surface area contributed by atoms with Gasteiger partial charge in [-0.2, -0.15) is 0 Å².